The number of methoxy groups -OCH3 is 1. The topological polar surface area (TPSA) is 38.7 Å². The Balaban J connectivity index is 2.58. The lowest BCUT2D eigenvalue weighted by Crippen LogP contribution is -2.25. The number of para-hydroxylation sites is 1. The summed E-state index contributed by atoms with van der Waals surface area (Å²) in [5.41, 5.74) is 0.641. The highest BCUT2D eigenvalue weighted by Gasteiger charge is 2.16. The first-order chi connectivity index (χ1) is 7.96. The van der Waals surface area contributed by atoms with Crippen LogP contribution in [-0.4, -0.2) is 24.4 Å². The van der Waals surface area contributed by atoms with Crippen molar-refractivity contribution in [3.63, 3.8) is 0 Å². The van der Waals surface area contributed by atoms with Gasteiger partial charge in [-0.2, -0.15) is 0 Å². The van der Waals surface area contributed by atoms with Crippen LogP contribution in [-0.2, 0) is 4.74 Å². The van der Waals surface area contributed by atoms with Crippen LogP contribution in [0.15, 0.2) is 24.3 Å². The van der Waals surface area contributed by atoms with Crippen LogP contribution >= 0.6 is 0 Å². The summed E-state index contributed by atoms with van der Waals surface area (Å²) in [5.74, 6) is 0.745. The molecule has 3 heteroatoms. The number of rotatable bonds is 6. The van der Waals surface area contributed by atoms with Crippen LogP contribution in [0.5, 0.6) is 5.75 Å². The molecular formula is C14H22O3. The Hall–Kier alpha value is -1.06. The third-order valence-corrected chi connectivity index (χ3v) is 2.88. The average molecular weight is 238 g/mol. The minimum atomic E-state index is -0.512. The smallest absolute Gasteiger partial charge is 0.125 e. The maximum absolute atomic E-state index is 9.61. The number of ether oxygens (including phenoxy) is 2. The van der Waals surface area contributed by atoms with E-state index in [9.17, 15) is 5.11 Å². The van der Waals surface area contributed by atoms with Crippen LogP contribution in [0.4, 0.5) is 0 Å². The molecule has 0 aliphatic heterocycles. The Morgan fingerprint density at radius 3 is 2.53 bits per heavy atom. The molecule has 1 N–H and O–H groups in total. The van der Waals surface area contributed by atoms with Crippen LogP contribution < -0.4 is 4.74 Å². The maximum Gasteiger partial charge on any atom is 0.125 e. The number of hydrogen-bond donors (Lipinski definition) is 1. The number of aliphatic hydroxyl groups is 1. The molecule has 0 bridgehead atoms. The summed E-state index contributed by atoms with van der Waals surface area (Å²) < 4.78 is 11.0. The predicted octanol–water partition coefficient (Wildman–Crippen LogP) is 2.93. The third-order valence-electron chi connectivity index (χ3n) is 2.88. The lowest BCUT2D eigenvalue weighted by molar-refractivity contribution is 0.00522. The van der Waals surface area contributed by atoms with Crippen molar-refractivity contribution in [3.8, 4) is 5.75 Å². The second-order valence-corrected chi connectivity index (χ2v) is 4.78. The van der Waals surface area contributed by atoms with E-state index in [0.717, 1.165) is 17.7 Å². The summed E-state index contributed by atoms with van der Waals surface area (Å²) in [4.78, 5) is 0. The molecule has 17 heavy (non-hydrogen) atoms. The zero-order valence-corrected chi connectivity index (χ0v) is 11.1. The van der Waals surface area contributed by atoms with Crippen molar-refractivity contribution >= 4 is 0 Å². The van der Waals surface area contributed by atoms with Gasteiger partial charge in [-0.1, -0.05) is 18.2 Å². The average Bonchev–Trinajstić information content (AvgIpc) is 2.29. The van der Waals surface area contributed by atoms with E-state index in [1.807, 2.05) is 38.1 Å². The van der Waals surface area contributed by atoms with Gasteiger partial charge in [0.25, 0.3) is 0 Å². The summed E-state index contributed by atoms with van der Waals surface area (Å²) in [7, 11) is 1.70. The molecule has 0 spiro atoms. The molecule has 0 aliphatic rings. The molecule has 1 atom stereocenters. The van der Waals surface area contributed by atoms with Gasteiger partial charge in [0.05, 0.1) is 18.3 Å². The quantitative estimate of drug-likeness (QED) is 0.828. The molecule has 0 heterocycles. The van der Waals surface area contributed by atoms with Crippen molar-refractivity contribution in [1.82, 2.24) is 0 Å². The zero-order valence-electron chi connectivity index (χ0n) is 11.1. The van der Waals surface area contributed by atoms with Crippen LogP contribution in [0.2, 0.25) is 0 Å². The first-order valence-corrected chi connectivity index (χ1v) is 5.91. The van der Waals surface area contributed by atoms with Gasteiger partial charge in [0.1, 0.15) is 5.75 Å². The van der Waals surface area contributed by atoms with E-state index in [0.29, 0.717) is 6.61 Å². The largest absolute Gasteiger partial charge is 0.493 e. The Kier molecular flexibility index (Phi) is 4.97. The molecule has 1 rings (SSSR count). The minimum absolute atomic E-state index is 0.181. The van der Waals surface area contributed by atoms with Gasteiger partial charge in [-0.25, -0.2) is 0 Å². The van der Waals surface area contributed by atoms with Crippen LogP contribution in [0.25, 0.3) is 0 Å². The molecular weight excluding hydrogens is 216 g/mol. The number of hydrogen-bond acceptors (Lipinski definition) is 3. The van der Waals surface area contributed by atoms with Gasteiger partial charge in [0, 0.05) is 19.1 Å². The molecule has 0 radical (unpaired) electrons. The molecule has 3 nitrogen and oxygen atoms in total. The lowest BCUT2D eigenvalue weighted by atomic mass is 10.1. The summed E-state index contributed by atoms with van der Waals surface area (Å²) in [6.45, 7) is 6.36. The summed E-state index contributed by atoms with van der Waals surface area (Å²) in [6, 6.07) is 7.56. The van der Waals surface area contributed by atoms with E-state index in [4.69, 9.17) is 9.47 Å². The van der Waals surface area contributed by atoms with E-state index in [1.165, 1.54) is 0 Å². The van der Waals surface area contributed by atoms with Crippen LogP contribution in [0, 0.1) is 0 Å². The molecule has 0 unspecified atom stereocenters. The molecule has 1 aromatic rings. The van der Waals surface area contributed by atoms with Crippen LogP contribution in [0.1, 0.15) is 38.9 Å². The van der Waals surface area contributed by atoms with Crippen LogP contribution in [0.3, 0.4) is 0 Å². The van der Waals surface area contributed by atoms with Crippen molar-refractivity contribution in [1.29, 1.82) is 0 Å². The summed E-state index contributed by atoms with van der Waals surface area (Å²) >= 11 is 0. The highest BCUT2D eigenvalue weighted by atomic mass is 16.5. The molecule has 0 saturated carbocycles. The first kappa shape index (κ1) is 14.0. The molecule has 0 fully saturated rings. The minimum Gasteiger partial charge on any atom is -0.493 e. The monoisotopic (exact) mass is 238 g/mol. The Labute approximate surface area is 103 Å². The van der Waals surface area contributed by atoms with Crippen molar-refractivity contribution in [3.05, 3.63) is 29.8 Å². The molecule has 0 aliphatic carbocycles. The fourth-order valence-corrected chi connectivity index (χ4v) is 1.47. The van der Waals surface area contributed by atoms with E-state index in [-0.39, 0.29) is 5.60 Å². The number of aliphatic hydroxyl groups excluding tert-OH is 1. The van der Waals surface area contributed by atoms with E-state index in [1.54, 1.807) is 14.0 Å². The fourth-order valence-electron chi connectivity index (χ4n) is 1.47. The van der Waals surface area contributed by atoms with E-state index < -0.39 is 6.10 Å². The van der Waals surface area contributed by atoms with E-state index >= 15 is 0 Å². The number of benzene rings is 1. The van der Waals surface area contributed by atoms with Crippen molar-refractivity contribution < 1.29 is 14.6 Å². The van der Waals surface area contributed by atoms with Gasteiger partial charge in [0.2, 0.25) is 0 Å². The molecule has 0 amide bonds. The highest BCUT2D eigenvalue weighted by molar-refractivity contribution is 5.34. The first-order valence-electron chi connectivity index (χ1n) is 5.91. The van der Waals surface area contributed by atoms with Gasteiger partial charge >= 0.3 is 0 Å². The Morgan fingerprint density at radius 2 is 1.94 bits per heavy atom. The van der Waals surface area contributed by atoms with Gasteiger partial charge < -0.3 is 14.6 Å². The summed E-state index contributed by atoms with van der Waals surface area (Å²) in [5, 5.41) is 9.61. The standard InChI is InChI=1S/C14H22O3/c1-11(15)12-7-5-6-8-13(12)17-10-9-14(2,3)16-4/h5-8,11,15H,9-10H2,1-4H3/t11-/m0/s1. The summed E-state index contributed by atoms with van der Waals surface area (Å²) in [6.07, 6.45) is 0.291. The van der Waals surface area contributed by atoms with E-state index in [2.05, 4.69) is 0 Å². The lowest BCUT2D eigenvalue weighted by Gasteiger charge is -2.23. The maximum atomic E-state index is 9.61. The fraction of sp³-hybridized carbons (Fsp3) is 0.571. The Morgan fingerprint density at radius 1 is 1.29 bits per heavy atom. The SMILES string of the molecule is COC(C)(C)CCOc1ccccc1[C@H](C)O. The normalized spacial score (nSPS) is 13.5. The van der Waals surface area contributed by atoms with Crippen molar-refractivity contribution in [2.24, 2.45) is 0 Å². The van der Waals surface area contributed by atoms with Gasteiger partial charge in [0.15, 0.2) is 0 Å². The zero-order chi connectivity index (χ0) is 12.9. The molecule has 0 aromatic heterocycles. The van der Waals surface area contributed by atoms with Gasteiger partial charge in [-0.05, 0) is 26.8 Å². The van der Waals surface area contributed by atoms with Crippen molar-refractivity contribution in [2.75, 3.05) is 13.7 Å². The second-order valence-electron chi connectivity index (χ2n) is 4.78. The Bertz CT molecular complexity index is 345. The van der Waals surface area contributed by atoms with Gasteiger partial charge in [-0.15, -0.1) is 0 Å². The molecule has 1 aromatic carbocycles. The highest BCUT2D eigenvalue weighted by Crippen LogP contribution is 2.25. The van der Waals surface area contributed by atoms with Gasteiger partial charge in [-0.3, -0.25) is 0 Å². The van der Waals surface area contributed by atoms with Crippen molar-refractivity contribution in [2.45, 2.75) is 38.9 Å². The second kappa shape index (κ2) is 6.03. The third kappa shape index (κ3) is 4.36. The predicted molar refractivity (Wildman–Crippen MR) is 68.3 cm³/mol. The molecule has 0 saturated heterocycles. The molecule has 96 valence electrons.